The molecule has 0 aliphatic heterocycles. The Hall–Kier alpha value is -2.06. The zero-order valence-corrected chi connectivity index (χ0v) is 10.0. The minimum absolute atomic E-state index is 0.0185. The Morgan fingerprint density at radius 3 is 2.26 bits per heavy atom. The van der Waals surface area contributed by atoms with E-state index in [1.807, 2.05) is 5.10 Å². The maximum Gasteiger partial charge on any atom is 0.404 e. The van der Waals surface area contributed by atoms with Gasteiger partial charge >= 0.3 is 12.1 Å². The van der Waals surface area contributed by atoms with Crippen LogP contribution < -0.4 is 11.1 Å². The first-order valence-electron chi connectivity index (χ1n) is 5.15. The molecule has 1 unspecified atom stereocenters. The third kappa shape index (κ3) is 3.04. The summed E-state index contributed by atoms with van der Waals surface area (Å²) in [6.07, 6.45) is -5.01. The van der Waals surface area contributed by atoms with E-state index in [4.69, 9.17) is 5.11 Å². The standard InChI is InChI=1S/C10H11F3N2O4/c1-4-5(2)8(17)15(14-7(4)16)3-6(9(18)19)10(11,12)13/h6H,3H2,1-2H3,(H,14,16)(H,18,19). The van der Waals surface area contributed by atoms with E-state index in [1.54, 1.807) is 0 Å². The summed E-state index contributed by atoms with van der Waals surface area (Å²) in [4.78, 5) is 33.6. The molecule has 0 bridgehead atoms. The number of alkyl halides is 3. The number of aromatic nitrogens is 2. The lowest BCUT2D eigenvalue weighted by Crippen LogP contribution is -2.41. The molecule has 1 atom stereocenters. The van der Waals surface area contributed by atoms with Gasteiger partial charge in [0.2, 0.25) is 0 Å². The van der Waals surface area contributed by atoms with E-state index < -0.39 is 35.7 Å². The molecule has 6 nitrogen and oxygen atoms in total. The first-order chi connectivity index (χ1) is 8.55. The highest BCUT2D eigenvalue weighted by molar-refractivity contribution is 5.70. The maximum absolute atomic E-state index is 12.5. The van der Waals surface area contributed by atoms with Crippen molar-refractivity contribution in [3.05, 3.63) is 31.8 Å². The van der Waals surface area contributed by atoms with Crippen molar-refractivity contribution < 1.29 is 23.1 Å². The van der Waals surface area contributed by atoms with Gasteiger partial charge in [-0.25, -0.2) is 4.68 Å². The van der Waals surface area contributed by atoms with Crippen LogP contribution in [0.5, 0.6) is 0 Å². The summed E-state index contributed by atoms with van der Waals surface area (Å²) in [5.74, 6) is -4.87. The van der Waals surface area contributed by atoms with Gasteiger partial charge in [0.15, 0.2) is 5.92 Å². The molecule has 1 aromatic heterocycles. The lowest BCUT2D eigenvalue weighted by Gasteiger charge is -2.17. The molecule has 0 aliphatic rings. The van der Waals surface area contributed by atoms with Crippen molar-refractivity contribution in [2.75, 3.05) is 0 Å². The molecule has 9 heteroatoms. The molecule has 0 saturated heterocycles. The molecule has 0 fully saturated rings. The fourth-order valence-corrected chi connectivity index (χ4v) is 1.42. The Morgan fingerprint density at radius 1 is 1.32 bits per heavy atom. The first-order valence-corrected chi connectivity index (χ1v) is 5.15. The van der Waals surface area contributed by atoms with E-state index in [0.29, 0.717) is 4.68 Å². The molecular weight excluding hydrogens is 269 g/mol. The predicted molar refractivity (Wildman–Crippen MR) is 58.0 cm³/mol. The molecule has 1 rings (SSSR count). The number of aromatic amines is 1. The second-order valence-electron chi connectivity index (χ2n) is 4.04. The quantitative estimate of drug-likeness (QED) is 0.839. The summed E-state index contributed by atoms with van der Waals surface area (Å²) in [5.41, 5.74) is -1.52. The van der Waals surface area contributed by atoms with Gasteiger partial charge in [0, 0.05) is 11.1 Å². The third-order valence-electron chi connectivity index (χ3n) is 2.76. The molecule has 0 radical (unpaired) electrons. The summed E-state index contributed by atoms with van der Waals surface area (Å²) < 4.78 is 37.8. The van der Waals surface area contributed by atoms with Crippen LogP contribution in [-0.4, -0.2) is 27.0 Å². The van der Waals surface area contributed by atoms with E-state index in [-0.39, 0.29) is 11.1 Å². The predicted octanol–water partition coefficient (Wildman–Crippen LogP) is 0.417. The second kappa shape index (κ2) is 4.90. The molecule has 0 saturated carbocycles. The number of hydrogen-bond donors (Lipinski definition) is 2. The molecule has 1 heterocycles. The van der Waals surface area contributed by atoms with Crippen LogP contribution in [-0.2, 0) is 11.3 Å². The van der Waals surface area contributed by atoms with Crippen LogP contribution in [0.3, 0.4) is 0 Å². The highest BCUT2D eigenvalue weighted by atomic mass is 19.4. The van der Waals surface area contributed by atoms with Crippen molar-refractivity contribution in [2.45, 2.75) is 26.6 Å². The minimum Gasteiger partial charge on any atom is -0.481 e. The number of nitrogens with one attached hydrogen (secondary N) is 1. The van der Waals surface area contributed by atoms with E-state index in [1.165, 1.54) is 13.8 Å². The zero-order valence-electron chi connectivity index (χ0n) is 10.0. The van der Waals surface area contributed by atoms with E-state index in [9.17, 15) is 27.6 Å². The largest absolute Gasteiger partial charge is 0.481 e. The van der Waals surface area contributed by atoms with Crippen molar-refractivity contribution in [1.29, 1.82) is 0 Å². The first kappa shape index (κ1) is 15.0. The topological polar surface area (TPSA) is 92.2 Å². The number of H-pyrrole nitrogens is 1. The normalized spacial score (nSPS) is 13.3. The number of hydrogen-bond acceptors (Lipinski definition) is 3. The molecule has 19 heavy (non-hydrogen) atoms. The van der Waals surface area contributed by atoms with Gasteiger partial charge in [-0.3, -0.25) is 19.5 Å². The monoisotopic (exact) mass is 280 g/mol. The van der Waals surface area contributed by atoms with Gasteiger partial charge in [-0.1, -0.05) is 0 Å². The fraction of sp³-hybridized carbons (Fsp3) is 0.500. The van der Waals surface area contributed by atoms with Gasteiger partial charge in [-0.2, -0.15) is 13.2 Å². The lowest BCUT2D eigenvalue weighted by atomic mass is 10.1. The van der Waals surface area contributed by atoms with Crippen molar-refractivity contribution in [2.24, 2.45) is 5.92 Å². The number of aliphatic carboxylic acids is 1. The molecule has 0 aliphatic carbocycles. The number of carboxylic acid groups (broad SMARTS) is 1. The average molecular weight is 280 g/mol. The Kier molecular flexibility index (Phi) is 3.87. The van der Waals surface area contributed by atoms with Crippen LogP contribution in [0.4, 0.5) is 13.2 Å². The van der Waals surface area contributed by atoms with Gasteiger partial charge in [0.05, 0.1) is 6.54 Å². The molecule has 0 spiro atoms. The summed E-state index contributed by atoms with van der Waals surface area (Å²) in [6.45, 7) is 1.46. The summed E-state index contributed by atoms with van der Waals surface area (Å²) in [7, 11) is 0. The van der Waals surface area contributed by atoms with Crippen molar-refractivity contribution in [3.63, 3.8) is 0 Å². The highest BCUT2D eigenvalue weighted by Crippen LogP contribution is 2.27. The molecular formula is C10H11F3N2O4. The van der Waals surface area contributed by atoms with Gasteiger partial charge < -0.3 is 5.11 Å². The Morgan fingerprint density at radius 2 is 1.84 bits per heavy atom. The Balaban J connectivity index is 3.30. The van der Waals surface area contributed by atoms with Crippen molar-refractivity contribution >= 4 is 5.97 Å². The van der Waals surface area contributed by atoms with Crippen LogP contribution in [0.2, 0.25) is 0 Å². The summed E-state index contributed by atoms with van der Waals surface area (Å²) >= 11 is 0. The van der Waals surface area contributed by atoms with E-state index in [0.717, 1.165) is 0 Å². The summed E-state index contributed by atoms with van der Waals surface area (Å²) in [5, 5.41) is 10.5. The number of carbonyl (C=O) groups is 1. The Labute approximate surface area is 104 Å². The zero-order chi connectivity index (χ0) is 15.0. The number of nitrogens with zero attached hydrogens (tertiary/aromatic N) is 1. The molecule has 2 N–H and O–H groups in total. The van der Waals surface area contributed by atoms with Crippen LogP contribution in [0.25, 0.3) is 0 Å². The smallest absolute Gasteiger partial charge is 0.404 e. The van der Waals surface area contributed by atoms with Crippen LogP contribution in [0.15, 0.2) is 9.59 Å². The average Bonchev–Trinajstić information content (AvgIpc) is 2.27. The SMILES string of the molecule is Cc1c(C)c(=O)n(CC(C(=O)O)C(F)(F)F)[nH]c1=O. The number of rotatable bonds is 3. The van der Waals surface area contributed by atoms with Gasteiger partial charge in [-0.05, 0) is 13.8 Å². The van der Waals surface area contributed by atoms with Crippen LogP contribution in [0.1, 0.15) is 11.1 Å². The fourth-order valence-electron chi connectivity index (χ4n) is 1.42. The summed E-state index contributed by atoms with van der Waals surface area (Å²) in [6, 6.07) is 0. The van der Waals surface area contributed by atoms with Gasteiger partial charge in [0.25, 0.3) is 11.1 Å². The van der Waals surface area contributed by atoms with Crippen molar-refractivity contribution in [1.82, 2.24) is 9.78 Å². The number of carboxylic acids is 1. The van der Waals surface area contributed by atoms with Crippen LogP contribution >= 0.6 is 0 Å². The highest BCUT2D eigenvalue weighted by Gasteiger charge is 2.45. The second-order valence-corrected chi connectivity index (χ2v) is 4.04. The van der Waals surface area contributed by atoms with Gasteiger partial charge in [0.1, 0.15) is 0 Å². The van der Waals surface area contributed by atoms with Crippen molar-refractivity contribution in [3.8, 4) is 0 Å². The molecule has 0 amide bonds. The maximum atomic E-state index is 12.5. The molecule has 1 aromatic rings. The van der Waals surface area contributed by atoms with E-state index in [2.05, 4.69) is 0 Å². The third-order valence-corrected chi connectivity index (χ3v) is 2.76. The minimum atomic E-state index is -5.01. The lowest BCUT2D eigenvalue weighted by molar-refractivity contribution is -0.196. The molecule has 0 aromatic carbocycles. The van der Waals surface area contributed by atoms with Gasteiger partial charge in [-0.15, -0.1) is 0 Å². The Bertz CT molecular complexity index is 615. The molecule has 106 valence electrons. The number of halogens is 3. The van der Waals surface area contributed by atoms with Crippen LogP contribution in [0, 0.1) is 19.8 Å². The van der Waals surface area contributed by atoms with E-state index >= 15 is 0 Å².